The molecule has 47 heavy (non-hydrogen) atoms. The van der Waals surface area contributed by atoms with Gasteiger partial charge < -0.3 is 35.5 Å². The second kappa shape index (κ2) is 13.1. The Hall–Kier alpha value is -4.23. The number of anilines is 1. The predicted molar refractivity (Wildman–Crippen MR) is 181 cm³/mol. The maximum Gasteiger partial charge on any atom is 0.332 e. The Morgan fingerprint density at radius 2 is 1.91 bits per heavy atom. The van der Waals surface area contributed by atoms with Gasteiger partial charge in [-0.3, -0.25) is 9.59 Å². The molecule has 1 saturated carbocycles. The quantitative estimate of drug-likeness (QED) is 0.201. The zero-order valence-corrected chi connectivity index (χ0v) is 28.8. The number of rotatable bonds is 11. The molecule has 5 rings (SSSR count). The van der Waals surface area contributed by atoms with Crippen LogP contribution in [0.1, 0.15) is 47.5 Å². The van der Waals surface area contributed by atoms with E-state index in [1.165, 1.54) is 23.3 Å². The lowest BCUT2D eigenvalue weighted by molar-refractivity contribution is -0.148. The lowest BCUT2D eigenvalue weighted by Gasteiger charge is -2.33. The van der Waals surface area contributed by atoms with Crippen molar-refractivity contribution >= 4 is 45.2 Å². The van der Waals surface area contributed by atoms with Crippen molar-refractivity contribution in [3.63, 3.8) is 0 Å². The van der Waals surface area contributed by atoms with Crippen molar-refractivity contribution in [1.29, 1.82) is 0 Å². The van der Waals surface area contributed by atoms with Gasteiger partial charge in [-0.05, 0) is 37.8 Å². The topological polar surface area (TPSA) is 158 Å². The molecule has 3 aromatic rings. The van der Waals surface area contributed by atoms with Crippen molar-refractivity contribution in [2.45, 2.75) is 77.2 Å². The first-order valence-electron chi connectivity index (χ1n) is 15.7. The molecule has 12 nitrogen and oxygen atoms in total. The van der Waals surface area contributed by atoms with Crippen molar-refractivity contribution in [3.05, 3.63) is 42.3 Å². The van der Waals surface area contributed by atoms with Crippen molar-refractivity contribution in [3.8, 4) is 22.9 Å². The number of likely N-dealkylation sites (tertiary alicyclic amines) is 1. The average Bonchev–Trinajstić information content (AvgIpc) is 3.31. The number of ether oxygens (including phenoxy) is 3. The van der Waals surface area contributed by atoms with Gasteiger partial charge in [0.2, 0.25) is 11.8 Å². The van der Waals surface area contributed by atoms with Gasteiger partial charge in [-0.2, -0.15) is 0 Å². The monoisotopic (exact) mass is 664 g/mol. The van der Waals surface area contributed by atoms with E-state index in [9.17, 15) is 14.4 Å². The van der Waals surface area contributed by atoms with Crippen LogP contribution in [0.4, 0.5) is 5.13 Å². The van der Waals surface area contributed by atoms with Crippen molar-refractivity contribution in [2.24, 2.45) is 17.1 Å². The summed E-state index contributed by atoms with van der Waals surface area (Å²) in [7, 11) is 2.87. The zero-order valence-electron chi connectivity index (χ0n) is 28.0. The van der Waals surface area contributed by atoms with Crippen LogP contribution in [0.25, 0.3) is 22.3 Å². The van der Waals surface area contributed by atoms with Gasteiger partial charge in [-0.1, -0.05) is 26.8 Å². The number of pyridine rings is 1. The fourth-order valence-electron chi connectivity index (χ4n) is 5.83. The SMILES string of the molecule is C=C[C@@H]1C[C@]1(NC(=O)[C@@H]1C[C@@H](Oc2cc(-c3csc(NC(C)C)n3)nc3cc(OC)ccc23)CN1C(=O)[C@@H](N)C(C)(C)C)C(=O)OC. The van der Waals surface area contributed by atoms with Crippen LogP contribution in [0.2, 0.25) is 0 Å². The molecule has 2 aromatic heterocycles. The van der Waals surface area contributed by atoms with Crippen LogP contribution >= 0.6 is 11.3 Å². The van der Waals surface area contributed by atoms with E-state index in [0.29, 0.717) is 34.8 Å². The normalized spacial score (nSPS) is 22.9. The molecule has 1 aliphatic heterocycles. The summed E-state index contributed by atoms with van der Waals surface area (Å²) in [6, 6.07) is 5.77. The number of nitrogens with zero attached hydrogens (tertiary/aromatic N) is 3. The van der Waals surface area contributed by atoms with Gasteiger partial charge in [0.05, 0.1) is 38.0 Å². The summed E-state index contributed by atoms with van der Waals surface area (Å²) >= 11 is 1.48. The molecule has 0 bridgehead atoms. The van der Waals surface area contributed by atoms with E-state index in [2.05, 4.69) is 17.2 Å². The second-order valence-corrected chi connectivity index (χ2v) is 14.4. The van der Waals surface area contributed by atoms with Gasteiger partial charge in [-0.15, -0.1) is 17.9 Å². The summed E-state index contributed by atoms with van der Waals surface area (Å²) in [4.78, 5) is 51.5. The molecule has 2 fully saturated rings. The van der Waals surface area contributed by atoms with Crippen LogP contribution in [0.5, 0.6) is 11.5 Å². The first kappa shape index (κ1) is 34.1. The molecule has 1 aromatic carbocycles. The molecule has 252 valence electrons. The van der Waals surface area contributed by atoms with E-state index < -0.39 is 41.0 Å². The highest BCUT2D eigenvalue weighted by Crippen LogP contribution is 2.46. The van der Waals surface area contributed by atoms with Crippen LogP contribution in [0.15, 0.2) is 42.3 Å². The number of thiazole rings is 1. The van der Waals surface area contributed by atoms with Gasteiger partial charge in [0.1, 0.15) is 34.9 Å². The van der Waals surface area contributed by atoms with Crippen molar-refractivity contribution < 1.29 is 28.6 Å². The number of benzene rings is 1. The molecule has 2 aliphatic rings. The third-order valence-corrected chi connectivity index (χ3v) is 9.47. The Labute approximate surface area is 279 Å². The molecule has 0 radical (unpaired) electrons. The number of nitrogens with one attached hydrogen (secondary N) is 2. The highest BCUT2D eigenvalue weighted by molar-refractivity contribution is 7.14. The molecular formula is C34H44N6O6S. The fraction of sp³-hybridized carbons (Fsp3) is 0.500. The molecule has 2 amide bonds. The number of carbonyl (C=O) groups is 3. The molecule has 5 atom stereocenters. The van der Waals surface area contributed by atoms with Crippen LogP contribution in [-0.4, -0.2) is 83.2 Å². The van der Waals surface area contributed by atoms with Gasteiger partial charge >= 0.3 is 5.97 Å². The molecule has 13 heteroatoms. The van der Waals surface area contributed by atoms with Gasteiger partial charge in [0, 0.05) is 41.3 Å². The molecule has 1 aliphatic carbocycles. The maximum absolute atomic E-state index is 13.9. The van der Waals surface area contributed by atoms with Crippen LogP contribution in [0, 0.1) is 11.3 Å². The van der Waals surface area contributed by atoms with Gasteiger partial charge in [-0.25, -0.2) is 14.8 Å². The Morgan fingerprint density at radius 1 is 1.17 bits per heavy atom. The number of methoxy groups -OCH3 is 2. The Balaban J connectivity index is 1.48. The number of nitrogens with two attached hydrogens (primary N) is 1. The van der Waals surface area contributed by atoms with Crippen LogP contribution < -0.4 is 25.8 Å². The molecule has 0 unspecified atom stereocenters. The third kappa shape index (κ3) is 6.91. The minimum atomic E-state index is -1.21. The summed E-state index contributed by atoms with van der Waals surface area (Å²) in [6.07, 6.45) is 1.61. The van der Waals surface area contributed by atoms with E-state index in [1.54, 1.807) is 13.2 Å². The first-order chi connectivity index (χ1) is 22.2. The minimum absolute atomic E-state index is 0.116. The maximum atomic E-state index is 13.9. The lowest BCUT2D eigenvalue weighted by atomic mass is 9.86. The summed E-state index contributed by atoms with van der Waals surface area (Å²) in [5, 5.41) is 9.65. The predicted octanol–water partition coefficient (Wildman–Crippen LogP) is 4.14. The van der Waals surface area contributed by atoms with Crippen molar-refractivity contribution in [2.75, 3.05) is 26.1 Å². The Bertz CT molecular complexity index is 1680. The Morgan fingerprint density at radius 3 is 2.53 bits per heavy atom. The number of carbonyl (C=O) groups excluding carboxylic acids is 3. The molecule has 1 saturated heterocycles. The Kier molecular flexibility index (Phi) is 9.52. The summed E-state index contributed by atoms with van der Waals surface area (Å²) in [5.41, 5.74) is 6.58. The number of amides is 2. The summed E-state index contributed by atoms with van der Waals surface area (Å²) < 4.78 is 17.1. The molecule has 3 heterocycles. The summed E-state index contributed by atoms with van der Waals surface area (Å²) in [5.74, 6) is -0.503. The standard InChI is InChI=1S/C34H44N6O6S/c1-9-19-15-34(19,31(43)45-8)39-29(41)26-13-21(16-40(26)30(42)28(35)33(4,5)6)46-27-14-24(25-17-47-32(38-25)36-18(2)3)37-23-12-20(44-7)10-11-22(23)27/h9-12,14,17-19,21,26,28H,1,13,15-16,35H2,2-8H3,(H,36,38)(H,39,41)/t19-,21-,26+,28-,34-/m1/s1. The number of fused-ring (bicyclic) bond motifs is 1. The van der Waals surface area contributed by atoms with Gasteiger partial charge in [0.25, 0.3) is 0 Å². The summed E-state index contributed by atoms with van der Waals surface area (Å²) in [6.45, 7) is 13.6. The van der Waals surface area contributed by atoms with E-state index in [0.717, 1.165) is 10.5 Å². The lowest BCUT2D eigenvalue weighted by Crippen LogP contribution is -2.57. The largest absolute Gasteiger partial charge is 0.497 e. The zero-order chi connectivity index (χ0) is 34.3. The average molecular weight is 665 g/mol. The van der Waals surface area contributed by atoms with Gasteiger partial charge in [0.15, 0.2) is 5.13 Å². The minimum Gasteiger partial charge on any atom is -0.497 e. The highest BCUT2D eigenvalue weighted by atomic mass is 32.1. The third-order valence-electron chi connectivity index (χ3n) is 8.69. The molecular weight excluding hydrogens is 620 g/mol. The fourth-order valence-corrected chi connectivity index (χ4v) is 6.68. The van der Waals surface area contributed by atoms with E-state index >= 15 is 0 Å². The van der Waals surface area contributed by atoms with Crippen LogP contribution in [-0.2, 0) is 19.1 Å². The molecule has 4 N–H and O–H groups in total. The first-order valence-corrected chi connectivity index (χ1v) is 16.6. The number of hydrogen-bond acceptors (Lipinski definition) is 11. The van der Waals surface area contributed by atoms with Crippen LogP contribution in [0.3, 0.4) is 0 Å². The van der Waals surface area contributed by atoms with E-state index in [1.807, 2.05) is 64.3 Å². The van der Waals surface area contributed by atoms with E-state index in [-0.39, 0.29) is 30.8 Å². The molecule has 0 spiro atoms. The smallest absolute Gasteiger partial charge is 0.332 e. The number of hydrogen-bond donors (Lipinski definition) is 3. The second-order valence-electron chi connectivity index (χ2n) is 13.5. The van der Waals surface area contributed by atoms with E-state index in [4.69, 9.17) is 29.9 Å². The highest BCUT2D eigenvalue weighted by Gasteiger charge is 2.62. The number of esters is 1. The van der Waals surface area contributed by atoms with Crippen molar-refractivity contribution in [1.82, 2.24) is 20.2 Å². The number of aromatic nitrogens is 2.